The number of hydrogen-bond acceptors (Lipinski definition) is 3. The van der Waals surface area contributed by atoms with Crippen LogP contribution in [0.25, 0.3) is 5.69 Å². The lowest BCUT2D eigenvalue weighted by Gasteiger charge is -2.03. The summed E-state index contributed by atoms with van der Waals surface area (Å²) in [6, 6.07) is 12.7. The molecule has 0 fully saturated rings. The van der Waals surface area contributed by atoms with E-state index < -0.39 is 0 Å². The molecule has 0 aliphatic rings. The number of para-hydroxylation sites is 1. The summed E-state index contributed by atoms with van der Waals surface area (Å²) in [6.45, 7) is 0.426. The predicted octanol–water partition coefficient (Wildman–Crippen LogP) is 4.17. The number of nitrogens with one attached hydrogen (secondary N) is 1. The maximum atomic E-state index is 12.1. The number of amides is 1. The van der Waals surface area contributed by atoms with E-state index in [1.807, 2.05) is 24.3 Å². The third kappa shape index (κ3) is 3.32. The van der Waals surface area contributed by atoms with Crippen LogP contribution in [0, 0.1) is 0 Å². The first kappa shape index (κ1) is 15.1. The maximum absolute atomic E-state index is 12.1. The van der Waals surface area contributed by atoms with E-state index in [1.54, 1.807) is 29.1 Å². The van der Waals surface area contributed by atoms with Crippen LogP contribution in [0.3, 0.4) is 0 Å². The number of rotatable bonds is 4. The molecular formula is C15H11Cl2N3OS. The summed E-state index contributed by atoms with van der Waals surface area (Å²) in [5.74, 6) is -0.240. The number of thiophene rings is 1. The molecule has 0 saturated carbocycles. The van der Waals surface area contributed by atoms with Gasteiger partial charge in [-0.25, -0.2) is 4.68 Å². The van der Waals surface area contributed by atoms with Gasteiger partial charge in [0.15, 0.2) is 5.69 Å². The predicted molar refractivity (Wildman–Crippen MR) is 89.1 cm³/mol. The van der Waals surface area contributed by atoms with Crippen LogP contribution in [-0.2, 0) is 6.54 Å². The molecule has 1 aromatic carbocycles. The second-order valence-electron chi connectivity index (χ2n) is 4.49. The van der Waals surface area contributed by atoms with Crippen molar-refractivity contribution in [3.63, 3.8) is 0 Å². The van der Waals surface area contributed by atoms with Gasteiger partial charge in [0.1, 0.15) is 0 Å². The molecule has 3 aromatic rings. The third-order valence-corrected chi connectivity index (χ3v) is 4.52. The van der Waals surface area contributed by atoms with Gasteiger partial charge >= 0.3 is 0 Å². The number of carbonyl (C=O) groups is 1. The first-order chi connectivity index (χ1) is 10.6. The van der Waals surface area contributed by atoms with Crippen molar-refractivity contribution in [3.05, 3.63) is 68.6 Å². The molecule has 1 amide bonds. The van der Waals surface area contributed by atoms with E-state index >= 15 is 0 Å². The van der Waals surface area contributed by atoms with Crippen LogP contribution < -0.4 is 5.32 Å². The molecular weight excluding hydrogens is 341 g/mol. The monoisotopic (exact) mass is 351 g/mol. The Morgan fingerprint density at radius 1 is 1.18 bits per heavy atom. The molecule has 3 rings (SSSR count). The van der Waals surface area contributed by atoms with Crippen molar-refractivity contribution < 1.29 is 4.79 Å². The van der Waals surface area contributed by atoms with Crippen molar-refractivity contribution in [1.82, 2.24) is 15.1 Å². The van der Waals surface area contributed by atoms with Gasteiger partial charge in [-0.15, -0.1) is 11.3 Å². The lowest BCUT2D eigenvalue weighted by atomic mass is 10.3. The normalized spacial score (nSPS) is 10.6. The number of nitrogens with zero attached hydrogens (tertiary/aromatic N) is 2. The molecule has 0 aliphatic carbocycles. The van der Waals surface area contributed by atoms with Crippen LogP contribution in [0.4, 0.5) is 0 Å². The smallest absolute Gasteiger partial charge is 0.272 e. The molecule has 0 bridgehead atoms. The molecule has 0 radical (unpaired) electrons. The van der Waals surface area contributed by atoms with Crippen molar-refractivity contribution >= 4 is 40.4 Å². The zero-order valence-corrected chi connectivity index (χ0v) is 13.6. The van der Waals surface area contributed by atoms with E-state index in [0.717, 1.165) is 10.6 Å². The lowest BCUT2D eigenvalue weighted by Crippen LogP contribution is -2.23. The van der Waals surface area contributed by atoms with E-state index in [4.69, 9.17) is 23.2 Å². The Labute approximate surface area is 141 Å². The second kappa shape index (κ2) is 6.52. The molecule has 0 atom stereocenters. The Morgan fingerprint density at radius 3 is 2.73 bits per heavy atom. The lowest BCUT2D eigenvalue weighted by molar-refractivity contribution is 0.0946. The van der Waals surface area contributed by atoms with Crippen molar-refractivity contribution in [3.8, 4) is 5.69 Å². The molecule has 7 heteroatoms. The highest BCUT2D eigenvalue weighted by atomic mass is 35.5. The van der Waals surface area contributed by atoms with E-state index in [1.165, 1.54) is 11.3 Å². The Morgan fingerprint density at radius 2 is 2.00 bits per heavy atom. The van der Waals surface area contributed by atoms with E-state index in [2.05, 4.69) is 10.4 Å². The first-order valence-electron chi connectivity index (χ1n) is 6.46. The van der Waals surface area contributed by atoms with Crippen LogP contribution in [0.2, 0.25) is 9.36 Å². The molecule has 4 nitrogen and oxygen atoms in total. The fourth-order valence-electron chi connectivity index (χ4n) is 1.92. The summed E-state index contributed by atoms with van der Waals surface area (Å²) in [4.78, 5) is 13.1. The topological polar surface area (TPSA) is 46.9 Å². The van der Waals surface area contributed by atoms with Crippen molar-refractivity contribution in [2.45, 2.75) is 6.54 Å². The number of benzene rings is 1. The minimum Gasteiger partial charge on any atom is -0.346 e. The summed E-state index contributed by atoms with van der Waals surface area (Å²) >= 11 is 13.4. The number of carbonyl (C=O) groups excluding carboxylic acids is 1. The largest absolute Gasteiger partial charge is 0.346 e. The zero-order chi connectivity index (χ0) is 15.5. The van der Waals surface area contributed by atoms with Gasteiger partial charge in [-0.05, 0) is 30.3 Å². The minimum absolute atomic E-state index is 0.240. The summed E-state index contributed by atoms with van der Waals surface area (Å²) in [7, 11) is 0. The summed E-state index contributed by atoms with van der Waals surface area (Å²) in [5, 5.41) is 7.64. The molecule has 22 heavy (non-hydrogen) atoms. The molecule has 112 valence electrons. The van der Waals surface area contributed by atoms with Gasteiger partial charge in [-0.2, -0.15) is 5.10 Å². The van der Waals surface area contributed by atoms with Gasteiger partial charge in [-0.3, -0.25) is 4.79 Å². The molecule has 0 saturated heterocycles. The maximum Gasteiger partial charge on any atom is 0.272 e. The average molecular weight is 352 g/mol. The fourth-order valence-corrected chi connectivity index (χ4v) is 3.17. The van der Waals surface area contributed by atoms with Crippen LogP contribution in [-0.4, -0.2) is 15.7 Å². The molecule has 1 N–H and O–H groups in total. The number of aromatic nitrogens is 2. The number of hydrogen-bond donors (Lipinski definition) is 1. The highest BCUT2D eigenvalue weighted by Crippen LogP contribution is 2.21. The highest BCUT2D eigenvalue weighted by Gasteiger charge is 2.11. The average Bonchev–Trinajstić information content (AvgIpc) is 3.14. The molecule has 2 heterocycles. The second-order valence-corrected chi connectivity index (χ2v) is 6.69. The number of halogens is 2. The van der Waals surface area contributed by atoms with Crippen molar-refractivity contribution in [1.29, 1.82) is 0 Å². The van der Waals surface area contributed by atoms with Gasteiger partial charge in [-0.1, -0.05) is 35.3 Å². The van der Waals surface area contributed by atoms with Crippen molar-refractivity contribution in [2.24, 2.45) is 0 Å². The van der Waals surface area contributed by atoms with E-state index in [9.17, 15) is 4.79 Å². The van der Waals surface area contributed by atoms with Crippen LogP contribution in [0.5, 0.6) is 0 Å². The van der Waals surface area contributed by atoms with Crippen molar-refractivity contribution in [2.75, 3.05) is 0 Å². The van der Waals surface area contributed by atoms with Gasteiger partial charge in [0.2, 0.25) is 0 Å². The quantitative estimate of drug-likeness (QED) is 0.766. The van der Waals surface area contributed by atoms with Crippen LogP contribution in [0.15, 0.2) is 48.7 Å². The SMILES string of the molecule is O=C(NCc1ccc(Cl)s1)c1ccn(-c2ccccc2Cl)n1. The molecule has 2 aromatic heterocycles. The van der Waals surface area contributed by atoms with Gasteiger partial charge in [0, 0.05) is 11.1 Å². The van der Waals surface area contributed by atoms with Crippen LogP contribution in [0.1, 0.15) is 15.4 Å². The van der Waals surface area contributed by atoms with E-state index in [0.29, 0.717) is 21.6 Å². The van der Waals surface area contributed by atoms with Gasteiger partial charge in [0.05, 0.1) is 21.6 Å². The zero-order valence-electron chi connectivity index (χ0n) is 11.3. The van der Waals surface area contributed by atoms with E-state index in [-0.39, 0.29) is 5.91 Å². The molecule has 0 aliphatic heterocycles. The first-order valence-corrected chi connectivity index (χ1v) is 8.04. The van der Waals surface area contributed by atoms with Crippen LogP contribution >= 0.6 is 34.5 Å². The standard InChI is InChI=1S/C15H11Cl2N3OS/c16-11-3-1-2-4-13(11)20-8-7-12(19-20)15(21)18-9-10-5-6-14(17)22-10/h1-8H,9H2,(H,18,21). The highest BCUT2D eigenvalue weighted by molar-refractivity contribution is 7.16. The Hall–Kier alpha value is -1.82. The molecule has 0 unspecified atom stereocenters. The Balaban J connectivity index is 1.70. The van der Waals surface area contributed by atoms with Gasteiger partial charge in [0.25, 0.3) is 5.91 Å². The third-order valence-electron chi connectivity index (χ3n) is 2.97. The fraction of sp³-hybridized carbons (Fsp3) is 0.0667. The Kier molecular flexibility index (Phi) is 4.47. The molecule has 0 spiro atoms. The summed E-state index contributed by atoms with van der Waals surface area (Å²) < 4.78 is 2.28. The summed E-state index contributed by atoms with van der Waals surface area (Å²) in [6.07, 6.45) is 1.71. The Bertz CT molecular complexity index is 812. The minimum atomic E-state index is -0.240. The summed E-state index contributed by atoms with van der Waals surface area (Å²) in [5.41, 5.74) is 1.07. The van der Waals surface area contributed by atoms with Gasteiger partial charge < -0.3 is 5.32 Å².